The maximum absolute atomic E-state index is 5.93. The molecule has 0 saturated carbocycles. The van der Waals surface area contributed by atoms with Crippen LogP contribution in [-0.4, -0.2) is 51.6 Å². The number of rotatable bonds is 6. The predicted molar refractivity (Wildman–Crippen MR) is 77.7 cm³/mol. The quantitative estimate of drug-likeness (QED) is 0.820. The average Bonchev–Trinajstić information content (AvgIpc) is 2.72. The highest BCUT2D eigenvalue weighted by atomic mass is 35.5. The first-order valence-corrected chi connectivity index (χ1v) is 6.76. The van der Waals surface area contributed by atoms with Crippen LogP contribution in [0.1, 0.15) is 13.3 Å². The summed E-state index contributed by atoms with van der Waals surface area (Å²) < 4.78 is 2.06. The molecular formula is C12H19ClN6. The maximum Gasteiger partial charge on any atom is 0.226 e. The van der Waals surface area contributed by atoms with Gasteiger partial charge in [0.25, 0.3) is 0 Å². The molecule has 104 valence electrons. The van der Waals surface area contributed by atoms with Crippen LogP contribution in [0.3, 0.4) is 0 Å². The van der Waals surface area contributed by atoms with E-state index in [0.29, 0.717) is 5.65 Å². The van der Waals surface area contributed by atoms with E-state index in [2.05, 4.69) is 36.7 Å². The van der Waals surface area contributed by atoms with Crippen molar-refractivity contribution in [2.75, 3.05) is 32.5 Å². The molecule has 19 heavy (non-hydrogen) atoms. The number of anilines is 1. The molecule has 0 aliphatic heterocycles. The first-order chi connectivity index (χ1) is 9.11. The van der Waals surface area contributed by atoms with Crippen molar-refractivity contribution in [2.24, 2.45) is 0 Å². The fourth-order valence-corrected chi connectivity index (χ4v) is 2.05. The zero-order chi connectivity index (χ0) is 13.8. The standard InChI is InChI=1S/C12H19ClN6/c1-4-6-19-8-15-11-9(19)10(16-12(13)17-11)14-5-7-18(2)3/h8H,4-7H2,1-3H3,(H,14,16,17). The predicted octanol–water partition coefficient (Wildman–Crippen LogP) is 1.86. The van der Waals surface area contributed by atoms with Gasteiger partial charge in [-0.3, -0.25) is 0 Å². The average molecular weight is 283 g/mol. The van der Waals surface area contributed by atoms with E-state index in [-0.39, 0.29) is 5.28 Å². The number of likely N-dealkylation sites (N-methyl/N-ethyl adjacent to an activating group) is 1. The Bertz CT molecular complexity index is 550. The van der Waals surface area contributed by atoms with Crippen LogP contribution < -0.4 is 5.32 Å². The fourth-order valence-electron chi connectivity index (χ4n) is 1.88. The largest absolute Gasteiger partial charge is 0.367 e. The normalized spacial score (nSPS) is 11.4. The number of halogens is 1. The Morgan fingerprint density at radius 1 is 1.37 bits per heavy atom. The summed E-state index contributed by atoms with van der Waals surface area (Å²) >= 11 is 5.93. The molecular weight excluding hydrogens is 264 g/mol. The minimum atomic E-state index is 0.224. The van der Waals surface area contributed by atoms with Crippen molar-refractivity contribution in [1.82, 2.24) is 24.4 Å². The summed E-state index contributed by atoms with van der Waals surface area (Å²) in [6, 6.07) is 0. The molecule has 0 fully saturated rings. The van der Waals surface area contributed by atoms with Gasteiger partial charge in [0.15, 0.2) is 11.5 Å². The second-order valence-electron chi connectivity index (χ2n) is 4.68. The lowest BCUT2D eigenvalue weighted by atomic mass is 10.4. The Labute approximate surface area is 117 Å². The number of nitrogens with zero attached hydrogens (tertiary/aromatic N) is 5. The summed E-state index contributed by atoms with van der Waals surface area (Å²) in [5.41, 5.74) is 1.56. The van der Waals surface area contributed by atoms with Crippen LogP contribution in [0, 0.1) is 0 Å². The lowest BCUT2D eigenvalue weighted by Crippen LogP contribution is -2.21. The van der Waals surface area contributed by atoms with E-state index >= 15 is 0 Å². The van der Waals surface area contributed by atoms with Crippen molar-refractivity contribution < 1.29 is 0 Å². The number of fused-ring (bicyclic) bond motifs is 1. The highest BCUT2D eigenvalue weighted by Gasteiger charge is 2.12. The Hall–Kier alpha value is -1.40. The van der Waals surface area contributed by atoms with Crippen LogP contribution in [0.25, 0.3) is 11.2 Å². The van der Waals surface area contributed by atoms with Crippen molar-refractivity contribution >= 4 is 28.6 Å². The Morgan fingerprint density at radius 2 is 2.16 bits per heavy atom. The molecule has 0 radical (unpaired) electrons. The molecule has 0 aliphatic carbocycles. The second-order valence-corrected chi connectivity index (χ2v) is 5.02. The van der Waals surface area contributed by atoms with E-state index in [9.17, 15) is 0 Å². The Balaban J connectivity index is 2.31. The summed E-state index contributed by atoms with van der Waals surface area (Å²) in [7, 11) is 4.07. The molecule has 2 rings (SSSR count). The topological polar surface area (TPSA) is 58.9 Å². The minimum absolute atomic E-state index is 0.224. The highest BCUT2D eigenvalue weighted by Crippen LogP contribution is 2.21. The van der Waals surface area contributed by atoms with Gasteiger partial charge in [0.1, 0.15) is 5.52 Å². The molecule has 0 bridgehead atoms. The van der Waals surface area contributed by atoms with Crippen LogP contribution in [0.15, 0.2) is 6.33 Å². The summed E-state index contributed by atoms with van der Waals surface area (Å²) in [5.74, 6) is 0.753. The van der Waals surface area contributed by atoms with Crippen molar-refractivity contribution in [3.8, 4) is 0 Å². The van der Waals surface area contributed by atoms with Crippen LogP contribution in [0.4, 0.5) is 5.82 Å². The Morgan fingerprint density at radius 3 is 2.84 bits per heavy atom. The van der Waals surface area contributed by atoms with E-state index in [1.165, 1.54) is 0 Å². The van der Waals surface area contributed by atoms with Crippen LogP contribution >= 0.6 is 11.6 Å². The molecule has 2 heterocycles. The second kappa shape index (κ2) is 6.16. The van der Waals surface area contributed by atoms with Gasteiger partial charge in [-0.2, -0.15) is 9.97 Å². The van der Waals surface area contributed by atoms with Gasteiger partial charge in [-0.25, -0.2) is 4.98 Å². The monoisotopic (exact) mass is 282 g/mol. The third-order valence-electron chi connectivity index (χ3n) is 2.76. The first-order valence-electron chi connectivity index (χ1n) is 6.38. The molecule has 0 aromatic carbocycles. The van der Waals surface area contributed by atoms with E-state index < -0.39 is 0 Å². The third kappa shape index (κ3) is 3.33. The van der Waals surface area contributed by atoms with Gasteiger partial charge < -0.3 is 14.8 Å². The van der Waals surface area contributed by atoms with E-state index in [1.54, 1.807) is 6.33 Å². The molecule has 1 N–H and O–H groups in total. The lowest BCUT2D eigenvalue weighted by molar-refractivity contribution is 0.425. The number of hydrogen-bond donors (Lipinski definition) is 1. The first kappa shape index (κ1) is 14.0. The molecule has 7 heteroatoms. The van der Waals surface area contributed by atoms with Gasteiger partial charge in [-0.1, -0.05) is 6.92 Å². The van der Waals surface area contributed by atoms with E-state index in [4.69, 9.17) is 11.6 Å². The van der Waals surface area contributed by atoms with Crippen molar-refractivity contribution in [3.05, 3.63) is 11.6 Å². The zero-order valence-corrected chi connectivity index (χ0v) is 12.3. The van der Waals surface area contributed by atoms with Crippen LogP contribution in [0.5, 0.6) is 0 Å². The molecule has 0 atom stereocenters. The summed E-state index contributed by atoms with van der Waals surface area (Å²) in [6.45, 7) is 4.74. The van der Waals surface area contributed by atoms with Crippen molar-refractivity contribution in [3.63, 3.8) is 0 Å². The number of aromatic nitrogens is 4. The van der Waals surface area contributed by atoms with Crippen molar-refractivity contribution in [1.29, 1.82) is 0 Å². The van der Waals surface area contributed by atoms with Gasteiger partial charge in [0.2, 0.25) is 5.28 Å². The van der Waals surface area contributed by atoms with Gasteiger partial charge >= 0.3 is 0 Å². The third-order valence-corrected chi connectivity index (χ3v) is 2.93. The van der Waals surface area contributed by atoms with Gasteiger partial charge in [0, 0.05) is 19.6 Å². The number of hydrogen-bond acceptors (Lipinski definition) is 5. The van der Waals surface area contributed by atoms with E-state index in [0.717, 1.165) is 37.4 Å². The fraction of sp³-hybridized carbons (Fsp3) is 0.583. The van der Waals surface area contributed by atoms with Gasteiger partial charge in [0.05, 0.1) is 6.33 Å². The SMILES string of the molecule is CCCn1cnc2nc(Cl)nc(NCCN(C)C)c21. The summed E-state index contributed by atoms with van der Waals surface area (Å²) in [4.78, 5) is 14.8. The number of imidazole rings is 1. The van der Waals surface area contributed by atoms with Crippen LogP contribution in [-0.2, 0) is 6.54 Å². The van der Waals surface area contributed by atoms with E-state index in [1.807, 2.05) is 14.1 Å². The summed E-state index contributed by atoms with van der Waals surface area (Å²) in [5, 5.41) is 3.53. The number of aryl methyl sites for hydroxylation is 1. The van der Waals surface area contributed by atoms with Gasteiger partial charge in [-0.15, -0.1) is 0 Å². The Kier molecular flexibility index (Phi) is 4.55. The van der Waals surface area contributed by atoms with Gasteiger partial charge in [-0.05, 0) is 32.1 Å². The zero-order valence-electron chi connectivity index (χ0n) is 11.5. The number of nitrogens with one attached hydrogen (secondary N) is 1. The lowest BCUT2D eigenvalue weighted by Gasteiger charge is -2.12. The van der Waals surface area contributed by atoms with Crippen molar-refractivity contribution in [2.45, 2.75) is 19.9 Å². The highest BCUT2D eigenvalue weighted by molar-refractivity contribution is 6.28. The van der Waals surface area contributed by atoms with Crippen LogP contribution in [0.2, 0.25) is 5.28 Å². The molecule has 2 aromatic rings. The molecule has 0 spiro atoms. The molecule has 0 unspecified atom stereocenters. The smallest absolute Gasteiger partial charge is 0.226 e. The molecule has 0 saturated heterocycles. The molecule has 0 amide bonds. The molecule has 0 aliphatic rings. The maximum atomic E-state index is 5.93. The molecule has 2 aromatic heterocycles. The minimum Gasteiger partial charge on any atom is -0.367 e. The molecule has 6 nitrogen and oxygen atoms in total. The summed E-state index contributed by atoms with van der Waals surface area (Å²) in [6.07, 6.45) is 2.82.